The average Bonchev–Trinajstić information content (AvgIpc) is 2.96. The summed E-state index contributed by atoms with van der Waals surface area (Å²) in [4.78, 5) is 34.3. The van der Waals surface area contributed by atoms with E-state index < -0.39 is 0 Å². The summed E-state index contributed by atoms with van der Waals surface area (Å²) in [5, 5.41) is 12.6. The lowest BCUT2D eigenvalue weighted by molar-refractivity contribution is 0.0589. The minimum absolute atomic E-state index is 0.0930. The van der Waals surface area contributed by atoms with E-state index in [0.717, 1.165) is 56.6 Å². The SMILES string of the molecule is Cc1ccc(OC2CCN(C(=O)c3ccc(C(=O)NC4CCN(Cc5ccc(O)cc5)CC4)cn3)CC2)cc1. The number of nitrogens with one attached hydrogen (secondary N) is 1. The Bertz CT molecular complexity index is 1250. The van der Waals surface area contributed by atoms with Crippen molar-refractivity contribution >= 4 is 11.8 Å². The Morgan fingerprint density at radius 2 is 1.62 bits per heavy atom. The van der Waals surface area contributed by atoms with Crippen LogP contribution in [0.25, 0.3) is 0 Å². The van der Waals surface area contributed by atoms with E-state index in [2.05, 4.69) is 15.2 Å². The van der Waals surface area contributed by atoms with E-state index in [4.69, 9.17) is 4.74 Å². The number of rotatable bonds is 7. The molecule has 2 aromatic carbocycles. The Hall–Kier alpha value is -3.91. The number of hydrogen-bond donors (Lipinski definition) is 2. The molecule has 0 spiro atoms. The van der Waals surface area contributed by atoms with Crippen molar-refractivity contribution in [1.82, 2.24) is 20.1 Å². The van der Waals surface area contributed by atoms with Crippen LogP contribution in [0.1, 0.15) is 57.7 Å². The molecule has 2 amide bonds. The zero-order valence-corrected chi connectivity index (χ0v) is 22.4. The third-order valence-corrected chi connectivity index (χ3v) is 7.56. The third-order valence-electron chi connectivity index (χ3n) is 7.56. The number of pyridine rings is 1. The van der Waals surface area contributed by atoms with Crippen LogP contribution in [0.15, 0.2) is 66.9 Å². The standard InChI is InChI=1S/C31H36N4O4/c1-22-2-9-27(10-3-22)39-28-14-18-35(19-15-28)31(38)29-11-6-24(20-32-29)30(37)33-25-12-16-34(17-13-25)21-23-4-7-26(36)8-5-23/h2-11,20,25,28,36H,12-19,21H2,1H3,(H,33,37). The van der Waals surface area contributed by atoms with Gasteiger partial charge in [-0.2, -0.15) is 0 Å². The number of aryl methyl sites for hydroxylation is 1. The third kappa shape index (κ3) is 7.15. The molecule has 2 aliphatic heterocycles. The zero-order chi connectivity index (χ0) is 27.2. The maximum Gasteiger partial charge on any atom is 0.272 e. The largest absolute Gasteiger partial charge is 0.508 e. The number of piperidine rings is 2. The van der Waals surface area contributed by atoms with Crippen LogP contribution < -0.4 is 10.1 Å². The molecule has 2 aliphatic rings. The first-order valence-electron chi connectivity index (χ1n) is 13.7. The van der Waals surface area contributed by atoms with Gasteiger partial charge in [0, 0.05) is 57.8 Å². The Kier molecular flexibility index (Phi) is 8.42. The second-order valence-electron chi connectivity index (χ2n) is 10.5. The minimum Gasteiger partial charge on any atom is -0.508 e. The van der Waals surface area contributed by atoms with Crippen molar-refractivity contribution in [2.24, 2.45) is 0 Å². The number of nitrogens with zero attached hydrogens (tertiary/aromatic N) is 3. The normalized spacial score (nSPS) is 17.1. The first kappa shape index (κ1) is 26.7. The molecule has 0 unspecified atom stereocenters. The number of likely N-dealkylation sites (tertiary alicyclic amines) is 2. The van der Waals surface area contributed by atoms with Crippen LogP contribution in [0.5, 0.6) is 11.5 Å². The van der Waals surface area contributed by atoms with Crippen molar-refractivity contribution in [3.8, 4) is 11.5 Å². The molecule has 39 heavy (non-hydrogen) atoms. The molecule has 0 saturated carbocycles. The number of carbonyl (C=O) groups excluding carboxylic acids is 2. The van der Waals surface area contributed by atoms with Gasteiger partial charge in [-0.15, -0.1) is 0 Å². The van der Waals surface area contributed by atoms with Crippen molar-refractivity contribution in [2.45, 2.75) is 51.3 Å². The molecule has 2 fully saturated rings. The minimum atomic E-state index is -0.160. The molecular formula is C31H36N4O4. The van der Waals surface area contributed by atoms with E-state index in [1.165, 1.54) is 11.8 Å². The van der Waals surface area contributed by atoms with Gasteiger partial charge < -0.3 is 20.1 Å². The Balaban J connectivity index is 1.05. The summed E-state index contributed by atoms with van der Waals surface area (Å²) < 4.78 is 6.08. The van der Waals surface area contributed by atoms with Crippen molar-refractivity contribution in [3.05, 3.63) is 89.2 Å². The van der Waals surface area contributed by atoms with Gasteiger partial charge in [0.05, 0.1) is 5.56 Å². The van der Waals surface area contributed by atoms with Gasteiger partial charge in [-0.1, -0.05) is 29.8 Å². The summed E-state index contributed by atoms with van der Waals surface area (Å²) in [5.41, 5.74) is 3.17. The molecule has 8 heteroatoms. The number of aromatic hydroxyl groups is 1. The second-order valence-corrected chi connectivity index (χ2v) is 10.5. The van der Waals surface area contributed by atoms with Crippen molar-refractivity contribution in [2.75, 3.05) is 26.2 Å². The van der Waals surface area contributed by atoms with Gasteiger partial charge in [0.1, 0.15) is 23.3 Å². The van der Waals surface area contributed by atoms with Crippen LogP contribution in [-0.4, -0.2) is 70.0 Å². The van der Waals surface area contributed by atoms with E-state index in [1.54, 1.807) is 24.3 Å². The number of hydrogen-bond acceptors (Lipinski definition) is 6. The van der Waals surface area contributed by atoms with Crippen molar-refractivity contribution in [3.63, 3.8) is 0 Å². The second kappa shape index (κ2) is 12.3. The van der Waals surface area contributed by atoms with Crippen LogP contribution in [0, 0.1) is 6.92 Å². The predicted molar refractivity (Wildman–Crippen MR) is 149 cm³/mol. The van der Waals surface area contributed by atoms with E-state index >= 15 is 0 Å². The molecule has 8 nitrogen and oxygen atoms in total. The molecule has 0 aliphatic carbocycles. The van der Waals surface area contributed by atoms with E-state index in [1.807, 2.05) is 48.2 Å². The molecule has 2 saturated heterocycles. The lowest BCUT2D eigenvalue weighted by atomic mass is 10.0. The van der Waals surface area contributed by atoms with E-state index in [9.17, 15) is 14.7 Å². The van der Waals surface area contributed by atoms with Crippen molar-refractivity contribution in [1.29, 1.82) is 0 Å². The summed E-state index contributed by atoms with van der Waals surface area (Å²) in [6, 6.07) is 18.8. The average molecular weight is 529 g/mol. The van der Waals surface area contributed by atoms with E-state index in [0.29, 0.717) is 24.3 Å². The highest BCUT2D eigenvalue weighted by Crippen LogP contribution is 2.21. The first-order chi connectivity index (χ1) is 18.9. The van der Waals surface area contributed by atoms with Crippen LogP contribution in [0.4, 0.5) is 0 Å². The van der Waals surface area contributed by atoms with Gasteiger partial charge in [-0.25, -0.2) is 0 Å². The number of carbonyl (C=O) groups is 2. The summed E-state index contributed by atoms with van der Waals surface area (Å²) >= 11 is 0. The zero-order valence-electron chi connectivity index (χ0n) is 22.4. The number of aromatic nitrogens is 1. The molecule has 204 valence electrons. The molecule has 2 N–H and O–H groups in total. The highest BCUT2D eigenvalue weighted by molar-refractivity contribution is 5.96. The number of amides is 2. The monoisotopic (exact) mass is 528 g/mol. The van der Waals surface area contributed by atoms with E-state index in [-0.39, 0.29) is 29.7 Å². The number of ether oxygens (including phenoxy) is 1. The fourth-order valence-corrected chi connectivity index (χ4v) is 5.17. The van der Waals surface area contributed by atoms with Crippen LogP contribution in [0.3, 0.4) is 0 Å². The van der Waals surface area contributed by atoms with Crippen LogP contribution in [-0.2, 0) is 6.54 Å². The number of phenolic OH excluding ortho intramolecular Hbond substituents is 1. The highest BCUT2D eigenvalue weighted by Gasteiger charge is 2.26. The summed E-state index contributed by atoms with van der Waals surface area (Å²) in [6.07, 6.45) is 4.88. The smallest absolute Gasteiger partial charge is 0.272 e. The van der Waals surface area contributed by atoms with Crippen LogP contribution >= 0.6 is 0 Å². The maximum absolute atomic E-state index is 13.0. The summed E-state index contributed by atoms with van der Waals surface area (Å²) in [5.74, 6) is 0.862. The first-order valence-corrected chi connectivity index (χ1v) is 13.7. The molecule has 0 bridgehead atoms. The molecule has 0 radical (unpaired) electrons. The van der Waals surface area contributed by atoms with Gasteiger partial charge in [0.2, 0.25) is 0 Å². The molecule has 3 heterocycles. The lowest BCUT2D eigenvalue weighted by Gasteiger charge is -2.32. The van der Waals surface area contributed by atoms with Gasteiger partial charge in [-0.05, 0) is 61.7 Å². The van der Waals surface area contributed by atoms with Gasteiger partial charge in [0.15, 0.2) is 0 Å². The summed E-state index contributed by atoms with van der Waals surface area (Å²) in [6.45, 7) is 5.90. The Morgan fingerprint density at radius 1 is 0.923 bits per heavy atom. The van der Waals surface area contributed by atoms with Crippen LogP contribution in [0.2, 0.25) is 0 Å². The van der Waals surface area contributed by atoms with Gasteiger partial charge in [0.25, 0.3) is 11.8 Å². The van der Waals surface area contributed by atoms with Crippen molar-refractivity contribution < 1.29 is 19.4 Å². The Morgan fingerprint density at radius 3 is 2.26 bits per heavy atom. The van der Waals surface area contributed by atoms with Gasteiger partial charge >= 0.3 is 0 Å². The molecule has 1 aromatic heterocycles. The molecular weight excluding hydrogens is 492 g/mol. The highest BCUT2D eigenvalue weighted by atomic mass is 16.5. The Labute approximate surface area is 229 Å². The molecule has 3 aromatic rings. The van der Waals surface area contributed by atoms with Gasteiger partial charge in [-0.3, -0.25) is 19.5 Å². The maximum atomic E-state index is 13.0. The quantitative estimate of drug-likeness (QED) is 0.478. The fraction of sp³-hybridized carbons (Fsp3) is 0.387. The molecule has 0 atom stereocenters. The lowest BCUT2D eigenvalue weighted by Crippen LogP contribution is -2.44. The topological polar surface area (TPSA) is 95.0 Å². The number of benzene rings is 2. The fourth-order valence-electron chi connectivity index (χ4n) is 5.17. The number of phenols is 1. The predicted octanol–water partition coefficient (Wildman–Crippen LogP) is 4.17. The summed E-state index contributed by atoms with van der Waals surface area (Å²) in [7, 11) is 0. The molecule has 5 rings (SSSR count).